The number of aliphatic hydroxyl groups excluding tert-OH is 3. The predicted molar refractivity (Wildman–Crippen MR) is 33.5 cm³/mol. The van der Waals surface area contributed by atoms with Crippen LogP contribution in [0.4, 0.5) is 4.39 Å². The van der Waals surface area contributed by atoms with E-state index in [4.69, 9.17) is 15.3 Å². The lowest BCUT2D eigenvalue weighted by atomic mass is 10.0. The van der Waals surface area contributed by atoms with Gasteiger partial charge in [0.05, 0.1) is 6.10 Å². The minimum atomic E-state index is -1.84. The Morgan fingerprint density at radius 1 is 1.18 bits per heavy atom. The first-order valence-corrected chi connectivity index (χ1v) is 3.37. The van der Waals surface area contributed by atoms with Gasteiger partial charge in [0.15, 0.2) is 12.5 Å². The second-order valence-electron chi connectivity index (χ2n) is 2.66. The first kappa shape index (κ1) is 8.86. The summed E-state index contributed by atoms with van der Waals surface area (Å²) in [5.74, 6) is 0. The highest BCUT2D eigenvalue weighted by molar-refractivity contribution is 4.86. The zero-order valence-electron chi connectivity index (χ0n) is 6.01. The molecule has 0 radical (unpaired) electrons. The molecule has 0 bridgehead atoms. The molecule has 0 aliphatic carbocycles. The summed E-state index contributed by atoms with van der Waals surface area (Å²) in [6, 6.07) is 0. The molecule has 1 heterocycles. The standard InChI is InChI=1S/C6H11FO4/c1-2-4(8)3(7)5(9)6(10)11-2/h2-6,8-10H,1H3/t2-,3+,4+,5-,6+/m0/s1. The number of halogens is 1. The van der Waals surface area contributed by atoms with Crippen LogP contribution in [-0.2, 0) is 4.74 Å². The smallest absolute Gasteiger partial charge is 0.184 e. The Bertz CT molecular complexity index is 129. The highest BCUT2D eigenvalue weighted by Crippen LogP contribution is 2.21. The third kappa shape index (κ3) is 1.51. The van der Waals surface area contributed by atoms with Crippen molar-refractivity contribution in [1.82, 2.24) is 0 Å². The van der Waals surface area contributed by atoms with Crippen molar-refractivity contribution in [2.24, 2.45) is 0 Å². The van der Waals surface area contributed by atoms with Crippen LogP contribution in [0.2, 0.25) is 0 Å². The summed E-state index contributed by atoms with van der Waals surface area (Å²) in [6.07, 6.45) is -7.19. The van der Waals surface area contributed by atoms with Gasteiger partial charge in [0.1, 0.15) is 12.2 Å². The van der Waals surface area contributed by atoms with Crippen LogP contribution in [0.25, 0.3) is 0 Å². The average Bonchev–Trinajstić information content (AvgIpc) is 1.97. The van der Waals surface area contributed by atoms with Crippen LogP contribution in [-0.4, -0.2) is 46.1 Å². The second-order valence-corrected chi connectivity index (χ2v) is 2.66. The van der Waals surface area contributed by atoms with Crippen LogP contribution < -0.4 is 0 Å². The van der Waals surface area contributed by atoms with Crippen molar-refractivity contribution in [3.05, 3.63) is 0 Å². The summed E-state index contributed by atoms with van der Waals surface area (Å²) >= 11 is 0. The van der Waals surface area contributed by atoms with E-state index in [1.54, 1.807) is 0 Å². The lowest BCUT2D eigenvalue weighted by Crippen LogP contribution is -2.54. The second kappa shape index (κ2) is 3.02. The van der Waals surface area contributed by atoms with Gasteiger partial charge in [-0.3, -0.25) is 0 Å². The van der Waals surface area contributed by atoms with Gasteiger partial charge < -0.3 is 20.1 Å². The topological polar surface area (TPSA) is 69.9 Å². The van der Waals surface area contributed by atoms with E-state index in [9.17, 15) is 4.39 Å². The Kier molecular flexibility index (Phi) is 2.43. The monoisotopic (exact) mass is 166 g/mol. The molecule has 4 nitrogen and oxygen atoms in total. The van der Waals surface area contributed by atoms with Crippen molar-refractivity contribution in [1.29, 1.82) is 0 Å². The van der Waals surface area contributed by atoms with Crippen molar-refractivity contribution >= 4 is 0 Å². The van der Waals surface area contributed by atoms with Crippen molar-refractivity contribution in [3.63, 3.8) is 0 Å². The maximum Gasteiger partial charge on any atom is 0.184 e. The van der Waals surface area contributed by atoms with Gasteiger partial charge >= 0.3 is 0 Å². The lowest BCUT2D eigenvalue weighted by Gasteiger charge is -2.35. The molecule has 0 amide bonds. The average molecular weight is 166 g/mol. The molecule has 66 valence electrons. The molecule has 11 heavy (non-hydrogen) atoms. The number of alkyl halides is 1. The first-order valence-electron chi connectivity index (χ1n) is 3.37. The van der Waals surface area contributed by atoms with Crippen molar-refractivity contribution in [3.8, 4) is 0 Å². The van der Waals surface area contributed by atoms with Gasteiger partial charge in [-0.05, 0) is 6.92 Å². The van der Waals surface area contributed by atoms with Crippen LogP contribution in [0, 0.1) is 0 Å². The quantitative estimate of drug-likeness (QED) is 0.422. The molecule has 0 spiro atoms. The summed E-state index contributed by atoms with van der Waals surface area (Å²) in [5, 5.41) is 26.6. The molecule has 5 atom stereocenters. The van der Waals surface area contributed by atoms with Crippen LogP contribution in [0.5, 0.6) is 0 Å². The molecule has 1 saturated heterocycles. The van der Waals surface area contributed by atoms with E-state index in [1.165, 1.54) is 6.92 Å². The number of ether oxygens (including phenoxy) is 1. The van der Waals surface area contributed by atoms with Crippen LogP contribution in [0.3, 0.4) is 0 Å². The summed E-state index contributed by atoms with van der Waals surface area (Å²) < 4.78 is 17.3. The summed E-state index contributed by atoms with van der Waals surface area (Å²) in [4.78, 5) is 0. The lowest BCUT2D eigenvalue weighted by molar-refractivity contribution is -0.265. The minimum Gasteiger partial charge on any atom is -0.387 e. The van der Waals surface area contributed by atoms with Crippen molar-refractivity contribution in [2.45, 2.75) is 37.7 Å². The summed E-state index contributed by atoms with van der Waals surface area (Å²) in [7, 11) is 0. The largest absolute Gasteiger partial charge is 0.387 e. The molecule has 1 fully saturated rings. The van der Waals surface area contributed by atoms with Crippen LogP contribution in [0.15, 0.2) is 0 Å². The van der Waals surface area contributed by atoms with E-state index in [2.05, 4.69) is 4.74 Å². The minimum absolute atomic E-state index is 0.789. The van der Waals surface area contributed by atoms with Gasteiger partial charge in [-0.25, -0.2) is 4.39 Å². The Labute approximate surface area is 63.2 Å². The maximum absolute atomic E-state index is 12.7. The normalized spacial score (nSPS) is 52.6. The third-order valence-corrected chi connectivity index (χ3v) is 1.78. The van der Waals surface area contributed by atoms with E-state index < -0.39 is 30.8 Å². The van der Waals surface area contributed by atoms with Crippen molar-refractivity contribution in [2.75, 3.05) is 0 Å². The third-order valence-electron chi connectivity index (χ3n) is 1.78. The fraction of sp³-hybridized carbons (Fsp3) is 1.00. The maximum atomic E-state index is 12.7. The Morgan fingerprint density at radius 3 is 2.27 bits per heavy atom. The highest BCUT2D eigenvalue weighted by Gasteiger charge is 2.42. The molecule has 1 aliphatic heterocycles. The molecule has 3 N–H and O–H groups in total. The van der Waals surface area contributed by atoms with Crippen LogP contribution in [0.1, 0.15) is 6.92 Å². The molecule has 0 saturated carbocycles. The molecular weight excluding hydrogens is 155 g/mol. The highest BCUT2D eigenvalue weighted by atomic mass is 19.1. The molecule has 0 aromatic carbocycles. The van der Waals surface area contributed by atoms with Gasteiger partial charge in [0, 0.05) is 0 Å². The van der Waals surface area contributed by atoms with E-state index in [-0.39, 0.29) is 0 Å². The fourth-order valence-corrected chi connectivity index (χ4v) is 0.999. The van der Waals surface area contributed by atoms with Gasteiger partial charge in [-0.15, -0.1) is 0 Å². The van der Waals surface area contributed by atoms with Gasteiger partial charge in [0.25, 0.3) is 0 Å². The SMILES string of the molecule is C[C@@H]1O[C@@H](O)[C@@H](O)[C@H](F)[C@@H]1O. The molecule has 0 aromatic rings. The number of hydrogen-bond acceptors (Lipinski definition) is 4. The molecule has 1 aliphatic rings. The van der Waals surface area contributed by atoms with Gasteiger partial charge in [-0.1, -0.05) is 0 Å². The molecule has 1 rings (SSSR count). The first-order chi connectivity index (χ1) is 5.04. The number of hydrogen-bond donors (Lipinski definition) is 3. The van der Waals surface area contributed by atoms with E-state index >= 15 is 0 Å². The van der Waals surface area contributed by atoms with Gasteiger partial charge in [0.2, 0.25) is 0 Å². The summed E-state index contributed by atoms with van der Waals surface area (Å²) in [6.45, 7) is 1.42. The molecule has 0 aromatic heterocycles. The Hall–Kier alpha value is -0.230. The van der Waals surface area contributed by atoms with Crippen LogP contribution >= 0.6 is 0 Å². The number of rotatable bonds is 0. The molecule has 5 heteroatoms. The Morgan fingerprint density at radius 2 is 1.73 bits per heavy atom. The van der Waals surface area contributed by atoms with E-state index in [0.29, 0.717) is 0 Å². The summed E-state index contributed by atoms with van der Waals surface area (Å²) in [5.41, 5.74) is 0. The zero-order chi connectivity index (χ0) is 8.59. The van der Waals surface area contributed by atoms with E-state index in [1.807, 2.05) is 0 Å². The molecular formula is C6H11FO4. The zero-order valence-corrected chi connectivity index (χ0v) is 6.01. The van der Waals surface area contributed by atoms with Gasteiger partial charge in [-0.2, -0.15) is 0 Å². The fourth-order valence-electron chi connectivity index (χ4n) is 0.999. The molecule has 0 unspecified atom stereocenters. The Balaban J connectivity index is 2.63. The van der Waals surface area contributed by atoms with Crippen molar-refractivity contribution < 1.29 is 24.4 Å². The van der Waals surface area contributed by atoms with E-state index in [0.717, 1.165) is 0 Å². The number of aliphatic hydroxyl groups is 3. The predicted octanol–water partition coefficient (Wildman–Crippen LogP) is -1.22.